The summed E-state index contributed by atoms with van der Waals surface area (Å²) in [5.74, 6) is 0. The highest BCUT2D eigenvalue weighted by Gasteiger charge is 2.21. The average Bonchev–Trinajstić information content (AvgIpc) is 0.744. The predicted octanol–water partition coefficient (Wildman–Crippen LogP) is 21.3. The highest BCUT2D eigenvalue weighted by Crippen LogP contribution is 2.48. The Bertz CT molecular complexity index is 5560. The molecule has 0 saturated heterocycles. The first kappa shape index (κ1) is 70.5. The van der Waals surface area contributed by atoms with Crippen LogP contribution in [0.25, 0.3) is 142 Å². The summed E-state index contributed by atoms with van der Waals surface area (Å²) >= 11 is 11.2. The van der Waals surface area contributed by atoms with Gasteiger partial charge in [-0.2, -0.15) is 0 Å². The Balaban J connectivity index is 0.000000129. The van der Waals surface area contributed by atoms with E-state index in [1.807, 2.05) is 6.07 Å². The van der Waals surface area contributed by atoms with E-state index in [0.29, 0.717) is 16.4 Å². The van der Waals surface area contributed by atoms with E-state index in [9.17, 15) is 0 Å². The molecule has 18 rings (SSSR count). The van der Waals surface area contributed by atoms with Crippen molar-refractivity contribution in [3.05, 3.63) is 377 Å². The lowest BCUT2D eigenvalue weighted by molar-refractivity contribution is 0.423. The number of rotatable bonds is 8. The van der Waals surface area contributed by atoms with Crippen molar-refractivity contribution in [2.75, 3.05) is 0 Å². The number of halogens is 3. The third-order valence-electron chi connectivity index (χ3n) is 18.8. The van der Waals surface area contributed by atoms with Crippen LogP contribution in [0.2, 0.25) is 0 Å². The summed E-state index contributed by atoms with van der Waals surface area (Å²) in [7, 11) is -4.38. The first-order valence-corrected chi connectivity index (χ1v) is 36.5. The van der Waals surface area contributed by atoms with E-state index >= 15 is 0 Å². The summed E-state index contributed by atoms with van der Waals surface area (Å²) in [6.45, 7) is 0. The number of hydrogen-bond acceptors (Lipinski definition) is 6. The molecule has 0 aliphatic carbocycles. The molecule has 6 N–H and O–H groups in total. The summed E-state index contributed by atoms with van der Waals surface area (Å²) in [5.41, 5.74) is 13.8. The fraction of sp³-hybridized carbons (Fsp3) is 0. The van der Waals surface area contributed by atoms with Crippen molar-refractivity contribution in [1.29, 1.82) is 0 Å². The Morgan fingerprint density at radius 1 is 0.144 bits per heavy atom. The maximum atomic E-state index is 8.68. The highest BCUT2D eigenvalue weighted by molar-refractivity contribution is 9.11. The molecule has 18 aromatic rings. The number of fused-ring (bicyclic) bond motifs is 8. The maximum Gasteiger partial charge on any atom is 0.488 e. The monoisotopic (exact) mass is 1540 g/mol. The lowest BCUT2D eigenvalue weighted by Gasteiger charge is -2.19. The summed E-state index contributed by atoms with van der Waals surface area (Å²) < 4.78 is 3.51. The highest BCUT2D eigenvalue weighted by atomic mass is 79.9. The maximum absolute atomic E-state index is 8.68. The van der Waals surface area contributed by atoms with Gasteiger partial charge in [-0.05, 0) is 206 Å². The molecule has 18 aromatic carbocycles. The summed E-state index contributed by atoms with van der Waals surface area (Å²) in [4.78, 5) is 0. The molecule has 0 bridgehead atoms. The molecule has 0 radical (unpaired) electrons. The van der Waals surface area contributed by atoms with Gasteiger partial charge in [-0.3, -0.25) is 0 Å². The number of hydrogen-bond donors (Lipinski definition) is 6. The fourth-order valence-electron chi connectivity index (χ4n) is 14.0. The van der Waals surface area contributed by atoms with Crippen LogP contribution in [0.3, 0.4) is 0 Å². The van der Waals surface area contributed by atoms with Crippen molar-refractivity contribution in [1.82, 2.24) is 0 Å². The zero-order valence-corrected chi connectivity index (χ0v) is 60.9. The minimum atomic E-state index is -1.52. The van der Waals surface area contributed by atoms with Crippen LogP contribution in [0.1, 0.15) is 0 Å². The quantitative estimate of drug-likeness (QED) is 0.0666. The zero-order chi connectivity index (χ0) is 71.6. The van der Waals surface area contributed by atoms with Crippen LogP contribution >= 0.6 is 47.8 Å². The Morgan fingerprint density at radius 3 is 0.462 bits per heavy atom. The molecular weight excluding hydrogens is 1470 g/mol. The standard InChI is InChI=1S/C46H30.C20H13Br.C14H8Br2.C6H8B2O4.C6H7BO2/c1-3-15-31(16-4-1)43-35-19-7-11-23-39(35)45(40-24-12-8-20-36(40)43)33-27-29-34(30-28-33)46-41-25-13-9-21-37(41)44(32-17-5-2-6-18-32)38-22-10-14-26-42(38)46;21-20-17-12-6-4-10-15(17)19(14-8-2-1-3-9-14)16-11-5-7-13-18(16)20;15-13-9-5-1-2-6-10(9)14(16)12-8-4-3-7-11(12)13;9-7(10)5-1-2-6(4-3-5)8(11)12;8-7(9)6-4-2-1-3-5-6/h1-30H;1-13H;1-8H;1-4,9-12H;1-5,8-9H. The van der Waals surface area contributed by atoms with Gasteiger partial charge in [0, 0.05) is 13.4 Å². The van der Waals surface area contributed by atoms with E-state index in [2.05, 4.69) is 357 Å². The molecule has 500 valence electrons. The fourth-order valence-corrected chi connectivity index (χ4v) is 16.1. The Hall–Kier alpha value is -10.6. The third-order valence-corrected chi connectivity index (χ3v) is 21.4. The van der Waals surface area contributed by atoms with E-state index in [0.717, 1.165) is 0 Å². The van der Waals surface area contributed by atoms with Gasteiger partial charge in [0.2, 0.25) is 0 Å². The summed E-state index contributed by atoms with van der Waals surface area (Å²) in [6, 6.07) is 125. The smallest absolute Gasteiger partial charge is 0.423 e. The minimum Gasteiger partial charge on any atom is -0.423 e. The third kappa shape index (κ3) is 14.7. The molecule has 0 spiro atoms. The lowest BCUT2D eigenvalue weighted by atomic mass is 9.75. The number of benzene rings is 18. The van der Waals surface area contributed by atoms with E-state index in [1.165, 1.54) is 179 Å². The second-order valence-corrected chi connectivity index (χ2v) is 27.4. The topological polar surface area (TPSA) is 121 Å². The molecule has 6 nitrogen and oxygen atoms in total. The Kier molecular flexibility index (Phi) is 22.0. The molecule has 0 heterocycles. The Morgan fingerprint density at radius 2 is 0.279 bits per heavy atom. The molecular formula is C92H66B3Br3O6. The molecule has 12 heteroatoms. The second kappa shape index (κ2) is 32.4. The molecule has 0 aliphatic heterocycles. The summed E-state index contributed by atoms with van der Waals surface area (Å²) in [6.07, 6.45) is 0. The largest absolute Gasteiger partial charge is 0.488 e. The van der Waals surface area contributed by atoms with Gasteiger partial charge in [0.25, 0.3) is 0 Å². The van der Waals surface area contributed by atoms with Gasteiger partial charge in [0.05, 0.1) is 0 Å². The molecule has 0 fully saturated rings. The van der Waals surface area contributed by atoms with Crippen LogP contribution in [0.5, 0.6) is 0 Å². The van der Waals surface area contributed by atoms with Crippen LogP contribution in [-0.4, -0.2) is 51.5 Å². The lowest BCUT2D eigenvalue weighted by Crippen LogP contribution is -2.34. The molecule has 104 heavy (non-hydrogen) atoms. The van der Waals surface area contributed by atoms with Crippen molar-refractivity contribution in [2.45, 2.75) is 0 Å². The first-order chi connectivity index (χ1) is 50.9. The van der Waals surface area contributed by atoms with Gasteiger partial charge < -0.3 is 30.1 Å². The van der Waals surface area contributed by atoms with Crippen molar-refractivity contribution >= 4 is 172 Å². The average molecular weight is 1540 g/mol. The van der Waals surface area contributed by atoms with Crippen molar-refractivity contribution in [2.24, 2.45) is 0 Å². The van der Waals surface area contributed by atoms with Gasteiger partial charge in [0.1, 0.15) is 0 Å². The van der Waals surface area contributed by atoms with Crippen molar-refractivity contribution < 1.29 is 30.1 Å². The summed E-state index contributed by atoms with van der Waals surface area (Å²) in [5, 5.41) is 72.2. The van der Waals surface area contributed by atoms with Crippen molar-refractivity contribution in [3.8, 4) is 55.6 Å². The predicted molar refractivity (Wildman–Crippen MR) is 452 cm³/mol. The molecule has 0 amide bonds. The zero-order valence-electron chi connectivity index (χ0n) is 56.2. The van der Waals surface area contributed by atoms with Crippen LogP contribution in [0, 0.1) is 0 Å². The van der Waals surface area contributed by atoms with Crippen LogP contribution < -0.4 is 16.4 Å². The van der Waals surface area contributed by atoms with E-state index in [1.54, 1.807) is 24.3 Å². The van der Waals surface area contributed by atoms with Gasteiger partial charge >= 0.3 is 21.4 Å². The van der Waals surface area contributed by atoms with Crippen LogP contribution in [0.15, 0.2) is 377 Å². The van der Waals surface area contributed by atoms with Gasteiger partial charge in [-0.25, -0.2) is 0 Å². The molecule has 0 atom stereocenters. The second-order valence-electron chi connectivity index (χ2n) is 25.1. The Labute approximate surface area is 629 Å². The van der Waals surface area contributed by atoms with Crippen molar-refractivity contribution in [3.63, 3.8) is 0 Å². The van der Waals surface area contributed by atoms with Gasteiger partial charge in [-0.15, -0.1) is 0 Å². The van der Waals surface area contributed by atoms with Gasteiger partial charge in [-0.1, -0.05) is 364 Å². The van der Waals surface area contributed by atoms with Crippen LogP contribution in [-0.2, 0) is 0 Å². The molecule has 0 unspecified atom stereocenters. The molecule has 0 aliphatic rings. The van der Waals surface area contributed by atoms with Crippen LogP contribution in [0.4, 0.5) is 0 Å². The first-order valence-electron chi connectivity index (χ1n) is 34.1. The SMILES string of the molecule is Brc1c2ccccc2c(-c2ccccc2)c2ccccc12.Brc1c2ccccc2c(Br)c2ccccc12.OB(O)c1ccc(B(O)O)cc1.OB(O)c1ccccc1.c1ccc(-c2c3ccccc3c(-c3ccc(-c4c5ccccc5c(-c5ccccc5)c5ccccc45)cc3)c3ccccc23)cc1. The van der Waals surface area contributed by atoms with Gasteiger partial charge in [0.15, 0.2) is 0 Å². The molecule has 0 saturated carbocycles. The minimum absolute atomic E-state index is 0.319. The molecule has 0 aromatic heterocycles. The normalized spacial score (nSPS) is 10.9. The van der Waals surface area contributed by atoms with E-state index in [-0.39, 0.29) is 0 Å². The van der Waals surface area contributed by atoms with E-state index in [4.69, 9.17) is 30.1 Å². The van der Waals surface area contributed by atoms with E-state index < -0.39 is 21.4 Å².